The number of carbonyl (C=O) groups excluding carboxylic acids is 1. The van der Waals surface area contributed by atoms with Crippen molar-refractivity contribution in [3.8, 4) is 11.5 Å². The van der Waals surface area contributed by atoms with Crippen LogP contribution in [0.3, 0.4) is 0 Å². The van der Waals surface area contributed by atoms with Crippen LogP contribution >= 0.6 is 0 Å². The number of fused-ring (bicyclic) bond motifs is 2. The van der Waals surface area contributed by atoms with E-state index < -0.39 is 17.7 Å². The summed E-state index contributed by atoms with van der Waals surface area (Å²) < 4.78 is 6.62. The molecule has 3 saturated heterocycles. The average molecular weight is 502 g/mol. The molecule has 6 atom stereocenters. The maximum atomic E-state index is 13.2. The zero-order valence-electron chi connectivity index (χ0n) is 21.1. The molecule has 0 aromatic heterocycles. The van der Waals surface area contributed by atoms with Crippen molar-refractivity contribution in [2.45, 2.75) is 86.2 Å². The fourth-order valence-electron chi connectivity index (χ4n) is 8.94. The molecule has 2 saturated carbocycles. The summed E-state index contributed by atoms with van der Waals surface area (Å²) >= 11 is 0. The van der Waals surface area contributed by atoms with Gasteiger partial charge in [-0.15, -0.1) is 0 Å². The lowest BCUT2D eigenvalue weighted by atomic mass is 9.41. The Hall–Kier alpha value is -2.61. The number of phenols is 1. The van der Waals surface area contributed by atoms with E-state index in [0.717, 1.165) is 49.4 Å². The van der Waals surface area contributed by atoms with E-state index in [1.807, 2.05) is 30.3 Å². The van der Waals surface area contributed by atoms with Crippen LogP contribution in [-0.2, 0) is 23.2 Å². The lowest BCUT2D eigenvalue weighted by Gasteiger charge is -2.73. The minimum Gasteiger partial charge on any atom is -0.504 e. The topological polar surface area (TPSA) is 94.1 Å². The predicted molar refractivity (Wildman–Crippen MR) is 137 cm³/mol. The minimum absolute atomic E-state index is 0.0670. The second kappa shape index (κ2) is 7.49. The second-order valence-electron chi connectivity index (χ2n) is 12.5. The summed E-state index contributed by atoms with van der Waals surface area (Å²) in [5.74, 6) is 1.46. The molecule has 7 heteroatoms. The van der Waals surface area contributed by atoms with Crippen LogP contribution in [0, 0.1) is 5.92 Å². The van der Waals surface area contributed by atoms with Crippen molar-refractivity contribution in [3.05, 3.63) is 59.2 Å². The van der Waals surface area contributed by atoms with Crippen molar-refractivity contribution in [1.82, 2.24) is 15.5 Å². The summed E-state index contributed by atoms with van der Waals surface area (Å²) in [6.07, 6.45) is 5.63. The van der Waals surface area contributed by atoms with Gasteiger partial charge in [-0.3, -0.25) is 9.69 Å². The van der Waals surface area contributed by atoms with E-state index in [2.05, 4.69) is 21.6 Å². The van der Waals surface area contributed by atoms with E-state index in [-0.39, 0.29) is 35.1 Å². The van der Waals surface area contributed by atoms with Crippen LogP contribution in [-0.4, -0.2) is 63.4 Å². The molecule has 0 radical (unpaired) electrons. The molecule has 4 aliphatic heterocycles. The first kappa shape index (κ1) is 22.4. The number of nitrogens with one attached hydrogen (secondary N) is 2. The fourth-order valence-corrected chi connectivity index (χ4v) is 8.94. The van der Waals surface area contributed by atoms with E-state index in [1.165, 1.54) is 18.4 Å². The Morgan fingerprint density at radius 2 is 1.97 bits per heavy atom. The Labute approximate surface area is 217 Å². The van der Waals surface area contributed by atoms with Gasteiger partial charge in [0.25, 0.3) is 0 Å². The summed E-state index contributed by atoms with van der Waals surface area (Å²) in [5.41, 5.74) is 1.57. The van der Waals surface area contributed by atoms with Gasteiger partial charge >= 0.3 is 0 Å². The van der Waals surface area contributed by atoms with E-state index in [4.69, 9.17) is 4.74 Å². The van der Waals surface area contributed by atoms with Crippen LogP contribution in [0.25, 0.3) is 0 Å². The lowest BCUT2D eigenvalue weighted by molar-refractivity contribution is -0.234. The highest BCUT2D eigenvalue weighted by atomic mass is 16.5. The van der Waals surface area contributed by atoms with Gasteiger partial charge in [-0.05, 0) is 68.2 Å². The van der Waals surface area contributed by atoms with Gasteiger partial charge in [0.2, 0.25) is 5.91 Å². The molecule has 9 rings (SSSR count). The number of phenolic OH excluding ortho intramolecular Hbond substituents is 1. The third kappa shape index (κ3) is 2.85. The zero-order chi connectivity index (χ0) is 25.0. The Morgan fingerprint density at radius 1 is 1.14 bits per heavy atom. The molecule has 4 bridgehead atoms. The molecule has 5 fully saturated rings. The number of benzene rings is 2. The highest BCUT2D eigenvalue weighted by Crippen LogP contribution is 2.69. The quantitative estimate of drug-likeness (QED) is 0.486. The van der Waals surface area contributed by atoms with Crippen LogP contribution in [0.1, 0.15) is 55.2 Å². The van der Waals surface area contributed by atoms with Gasteiger partial charge in [-0.2, -0.15) is 0 Å². The molecule has 194 valence electrons. The molecule has 2 aromatic rings. The van der Waals surface area contributed by atoms with Crippen molar-refractivity contribution in [2.24, 2.45) is 5.92 Å². The lowest BCUT2D eigenvalue weighted by Crippen LogP contribution is -2.91. The van der Waals surface area contributed by atoms with Crippen LogP contribution in [0.5, 0.6) is 11.5 Å². The molecule has 2 spiro atoms. The van der Waals surface area contributed by atoms with Crippen molar-refractivity contribution < 1.29 is 19.7 Å². The molecule has 3 aliphatic carbocycles. The Balaban J connectivity index is 1.17. The van der Waals surface area contributed by atoms with E-state index in [0.29, 0.717) is 18.7 Å². The Kier molecular flexibility index (Phi) is 4.53. The van der Waals surface area contributed by atoms with E-state index in [9.17, 15) is 15.0 Å². The first-order chi connectivity index (χ1) is 17.9. The SMILES string of the molecule is O=C(C[C@H]1N[C@@]23CC[C@]1(O)[C@@H]1Oc4c(O)ccc5c4[C@@]12CCN(CC1CC1)[C@@H]3C5)NCc1ccccc1. The van der Waals surface area contributed by atoms with Crippen molar-refractivity contribution in [1.29, 1.82) is 0 Å². The highest BCUT2D eigenvalue weighted by Gasteiger charge is 2.80. The number of hydrogen-bond donors (Lipinski definition) is 4. The number of aliphatic hydroxyl groups is 1. The van der Waals surface area contributed by atoms with Crippen molar-refractivity contribution in [3.63, 3.8) is 0 Å². The molecular formula is C30H35N3O4. The van der Waals surface area contributed by atoms with Crippen LogP contribution < -0.4 is 15.4 Å². The monoisotopic (exact) mass is 501 g/mol. The van der Waals surface area contributed by atoms with E-state index >= 15 is 0 Å². The number of likely N-dealkylation sites (tertiary alicyclic amines) is 1. The number of ether oxygens (including phenoxy) is 1. The summed E-state index contributed by atoms with van der Waals surface area (Å²) in [7, 11) is 0. The number of carbonyl (C=O) groups is 1. The summed E-state index contributed by atoms with van der Waals surface area (Å²) in [6, 6.07) is 13.6. The zero-order valence-corrected chi connectivity index (χ0v) is 21.1. The molecule has 7 nitrogen and oxygen atoms in total. The van der Waals surface area contributed by atoms with Gasteiger partial charge in [0.05, 0.1) is 5.41 Å². The number of amides is 1. The van der Waals surface area contributed by atoms with Gasteiger partial charge < -0.3 is 25.6 Å². The van der Waals surface area contributed by atoms with Gasteiger partial charge in [-0.25, -0.2) is 0 Å². The molecule has 4 heterocycles. The smallest absolute Gasteiger partial charge is 0.221 e. The third-order valence-corrected chi connectivity index (χ3v) is 10.7. The standard InChI is InChI=1S/C30H35N3O4/c34-21-9-8-20-14-23-30-11-10-29(36,22(32-30)15-24(35)31-16-18-4-2-1-3-5-18)27-28(30,25(20)26(21)37-27)12-13-33(23)17-19-6-7-19/h1-5,8-9,19,22-23,27,32,34,36H,6-7,10-17H2,(H,31,35)/t22-,23-,27-,28+,29-,30-/m1/s1. The van der Waals surface area contributed by atoms with Gasteiger partial charge in [0.1, 0.15) is 11.7 Å². The van der Waals surface area contributed by atoms with Crippen LogP contribution in [0.2, 0.25) is 0 Å². The van der Waals surface area contributed by atoms with E-state index in [1.54, 1.807) is 6.07 Å². The van der Waals surface area contributed by atoms with Gasteiger partial charge in [0.15, 0.2) is 11.5 Å². The second-order valence-corrected chi connectivity index (χ2v) is 12.5. The highest BCUT2D eigenvalue weighted by molar-refractivity contribution is 5.77. The molecule has 2 aromatic carbocycles. The van der Waals surface area contributed by atoms with Gasteiger partial charge in [0, 0.05) is 42.7 Å². The van der Waals surface area contributed by atoms with Crippen molar-refractivity contribution in [2.75, 3.05) is 13.1 Å². The first-order valence-corrected chi connectivity index (χ1v) is 14.0. The molecule has 7 aliphatic rings. The summed E-state index contributed by atoms with van der Waals surface area (Å²) in [4.78, 5) is 15.9. The first-order valence-electron chi connectivity index (χ1n) is 14.0. The number of hydrogen-bond acceptors (Lipinski definition) is 6. The largest absolute Gasteiger partial charge is 0.504 e. The minimum atomic E-state index is -1.19. The van der Waals surface area contributed by atoms with Crippen LogP contribution in [0.15, 0.2) is 42.5 Å². The molecule has 0 unspecified atom stereocenters. The average Bonchev–Trinajstić information content (AvgIpc) is 3.64. The summed E-state index contributed by atoms with van der Waals surface area (Å²) in [6.45, 7) is 2.58. The van der Waals surface area contributed by atoms with Crippen LogP contribution in [0.4, 0.5) is 0 Å². The molecular weight excluding hydrogens is 466 g/mol. The number of rotatable bonds is 6. The molecule has 37 heavy (non-hydrogen) atoms. The number of nitrogens with zero attached hydrogens (tertiary/aromatic N) is 1. The number of piperidine rings is 3. The van der Waals surface area contributed by atoms with Crippen molar-refractivity contribution >= 4 is 5.91 Å². The Bertz CT molecular complexity index is 1280. The maximum absolute atomic E-state index is 13.2. The number of aromatic hydroxyl groups is 1. The summed E-state index contributed by atoms with van der Waals surface area (Å²) in [5, 5.41) is 30.2. The molecule has 4 N–H and O–H groups in total. The third-order valence-electron chi connectivity index (χ3n) is 10.7. The van der Waals surface area contributed by atoms with Gasteiger partial charge in [-0.1, -0.05) is 36.4 Å². The normalized spacial score (nSPS) is 38.7. The Morgan fingerprint density at radius 3 is 2.78 bits per heavy atom. The fraction of sp³-hybridized carbons (Fsp3) is 0.567. The molecule has 1 amide bonds. The maximum Gasteiger partial charge on any atom is 0.221 e. The predicted octanol–water partition coefficient (Wildman–Crippen LogP) is 2.37.